The number of nitrogens with two attached hydrogens (primary N) is 1. The number of anilines is 1. The van der Waals surface area contributed by atoms with Gasteiger partial charge in [0.1, 0.15) is 5.75 Å². The molecule has 1 aromatic rings. The quantitative estimate of drug-likeness (QED) is 0.731. The predicted molar refractivity (Wildman–Crippen MR) is 112 cm³/mol. The maximum absolute atomic E-state index is 13.1. The molecular weight excluding hydrogens is 386 g/mol. The SMILES string of the molecule is COc1ccc(C(=O)N2CCN(CC3CC(N)C3)CC2)cc1N1CCC(=O)NC1=O. The number of amides is 4. The van der Waals surface area contributed by atoms with Gasteiger partial charge in [-0.25, -0.2) is 4.79 Å². The van der Waals surface area contributed by atoms with E-state index in [-0.39, 0.29) is 24.8 Å². The van der Waals surface area contributed by atoms with E-state index in [0.717, 1.165) is 32.5 Å². The highest BCUT2D eigenvalue weighted by atomic mass is 16.5. The molecule has 9 heteroatoms. The van der Waals surface area contributed by atoms with Gasteiger partial charge < -0.3 is 15.4 Å². The molecule has 4 amide bonds. The first-order chi connectivity index (χ1) is 14.4. The number of methoxy groups -OCH3 is 1. The van der Waals surface area contributed by atoms with E-state index in [0.29, 0.717) is 42.0 Å². The molecule has 0 aromatic heterocycles. The molecule has 3 N–H and O–H groups in total. The lowest BCUT2D eigenvalue weighted by Gasteiger charge is -2.40. The van der Waals surface area contributed by atoms with Gasteiger partial charge in [0.15, 0.2) is 0 Å². The van der Waals surface area contributed by atoms with Crippen molar-refractivity contribution < 1.29 is 19.1 Å². The van der Waals surface area contributed by atoms with Crippen molar-refractivity contribution >= 4 is 23.5 Å². The fraction of sp³-hybridized carbons (Fsp3) is 0.571. The number of nitrogens with one attached hydrogen (secondary N) is 1. The van der Waals surface area contributed by atoms with Crippen molar-refractivity contribution in [2.24, 2.45) is 11.7 Å². The van der Waals surface area contributed by atoms with Crippen LogP contribution < -0.4 is 20.7 Å². The van der Waals surface area contributed by atoms with E-state index >= 15 is 0 Å². The van der Waals surface area contributed by atoms with Gasteiger partial charge >= 0.3 is 6.03 Å². The Morgan fingerprint density at radius 2 is 1.90 bits per heavy atom. The zero-order chi connectivity index (χ0) is 21.3. The first-order valence-electron chi connectivity index (χ1n) is 10.5. The zero-order valence-corrected chi connectivity index (χ0v) is 17.3. The highest BCUT2D eigenvalue weighted by Gasteiger charge is 2.31. The molecule has 162 valence electrons. The molecule has 0 unspecified atom stereocenters. The number of ether oxygens (including phenoxy) is 1. The van der Waals surface area contributed by atoms with Crippen LogP contribution >= 0.6 is 0 Å². The summed E-state index contributed by atoms with van der Waals surface area (Å²) in [7, 11) is 1.52. The Labute approximate surface area is 176 Å². The first-order valence-corrected chi connectivity index (χ1v) is 10.5. The van der Waals surface area contributed by atoms with Crippen molar-refractivity contribution in [1.82, 2.24) is 15.1 Å². The average molecular weight is 415 g/mol. The fourth-order valence-electron chi connectivity index (χ4n) is 4.45. The molecule has 0 bridgehead atoms. The highest BCUT2D eigenvalue weighted by Crippen LogP contribution is 2.31. The van der Waals surface area contributed by atoms with Crippen LogP contribution in [0.25, 0.3) is 0 Å². The van der Waals surface area contributed by atoms with Gasteiger partial charge in [0.05, 0.1) is 12.8 Å². The lowest BCUT2D eigenvalue weighted by Crippen LogP contribution is -2.52. The van der Waals surface area contributed by atoms with Crippen molar-refractivity contribution in [3.8, 4) is 5.75 Å². The van der Waals surface area contributed by atoms with E-state index in [1.807, 2.05) is 4.90 Å². The molecule has 1 aromatic carbocycles. The summed E-state index contributed by atoms with van der Waals surface area (Å²) in [6.45, 7) is 4.39. The van der Waals surface area contributed by atoms with Crippen molar-refractivity contribution in [3.63, 3.8) is 0 Å². The van der Waals surface area contributed by atoms with E-state index in [1.165, 1.54) is 12.0 Å². The van der Waals surface area contributed by atoms with E-state index in [2.05, 4.69) is 10.2 Å². The number of hydrogen-bond donors (Lipinski definition) is 2. The molecule has 30 heavy (non-hydrogen) atoms. The average Bonchev–Trinajstić information content (AvgIpc) is 2.72. The molecule has 2 saturated heterocycles. The second-order valence-corrected chi connectivity index (χ2v) is 8.33. The number of hydrogen-bond acceptors (Lipinski definition) is 6. The van der Waals surface area contributed by atoms with Gasteiger partial charge in [-0.05, 0) is 37.0 Å². The maximum atomic E-state index is 13.1. The molecule has 2 aliphatic heterocycles. The van der Waals surface area contributed by atoms with E-state index < -0.39 is 6.03 Å². The number of carbonyl (C=O) groups excluding carboxylic acids is 3. The van der Waals surface area contributed by atoms with Crippen LogP contribution in [0.15, 0.2) is 18.2 Å². The Morgan fingerprint density at radius 1 is 1.17 bits per heavy atom. The number of nitrogens with zero attached hydrogens (tertiary/aromatic N) is 3. The summed E-state index contributed by atoms with van der Waals surface area (Å²) in [6.07, 6.45) is 2.41. The van der Waals surface area contributed by atoms with Crippen LogP contribution in [0.2, 0.25) is 0 Å². The molecule has 1 aliphatic carbocycles. The van der Waals surface area contributed by atoms with Crippen LogP contribution in [-0.2, 0) is 4.79 Å². The molecule has 9 nitrogen and oxygen atoms in total. The van der Waals surface area contributed by atoms with Gasteiger partial charge in [-0.15, -0.1) is 0 Å². The van der Waals surface area contributed by atoms with Gasteiger partial charge in [-0.3, -0.25) is 24.7 Å². The minimum atomic E-state index is -0.501. The van der Waals surface area contributed by atoms with E-state index in [4.69, 9.17) is 10.5 Å². The smallest absolute Gasteiger partial charge is 0.328 e. The van der Waals surface area contributed by atoms with Crippen LogP contribution in [-0.4, -0.2) is 80.1 Å². The summed E-state index contributed by atoms with van der Waals surface area (Å²) < 4.78 is 5.38. The lowest BCUT2D eigenvalue weighted by atomic mass is 9.80. The number of rotatable bonds is 5. The second-order valence-electron chi connectivity index (χ2n) is 8.33. The molecule has 0 spiro atoms. The third-order valence-electron chi connectivity index (χ3n) is 6.22. The Bertz CT molecular complexity index is 831. The predicted octanol–water partition coefficient (Wildman–Crippen LogP) is 0.637. The van der Waals surface area contributed by atoms with Crippen LogP contribution in [0.3, 0.4) is 0 Å². The van der Waals surface area contributed by atoms with Crippen LogP contribution in [0.1, 0.15) is 29.6 Å². The zero-order valence-electron chi connectivity index (χ0n) is 17.3. The molecule has 4 rings (SSSR count). The summed E-state index contributed by atoms with van der Waals surface area (Å²) in [6, 6.07) is 4.96. The molecule has 2 heterocycles. The lowest BCUT2D eigenvalue weighted by molar-refractivity contribution is -0.120. The Balaban J connectivity index is 1.42. The Hall–Kier alpha value is -2.65. The molecule has 1 saturated carbocycles. The summed E-state index contributed by atoms with van der Waals surface area (Å²) >= 11 is 0. The molecule has 0 atom stereocenters. The summed E-state index contributed by atoms with van der Waals surface area (Å²) in [5, 5.41) is 2.31. The van der Waals surface area contributed by atoms with Gasteiger partial charge in [0.2, 0.25) is 5.91 Å². The standard InChI is InChI=1S/C21H29N5O4/c1-30-18-3-2-15(12-17(18)26-5-4-19(27)23-21(26)29)20(28)25-8-6-24(7-9-25)13-14-10-16(22)11-14/h2-3,12,14,16H,4-11,13,22H2,1H3,(H,23,27,29). The Kier molecular flexibility index (Phi) is 5.92. The number of carbonyl (C=O) groups is 3. The molecular formula is C21H29N5O4. The minimum Gasteiger partial charge on any atom is -0.495 e. The number of piperazine rings is 1. The van der Waals surface area contributed by atoms with Gasteiger partial charge in [-0.1, -0.05) is 0 Å². The van der Waals surface area contributed by atoms with Crippen molar-refractivity contribution in [3.05, 3.63) is 23.8 Å². The van der Waals surface area contributed by atoms with Crippen molar-refractivity contribution in [2.45, 2.75) is 25.3 Å². The molecule has 3 fully saturated rings. The van der Waals surface area contributed by atoms with Crippen LogP contribution in [0.5, 0.6) is 5.75 Å². The highest BCUT2D eigenvalue weighted by molar-refractivity contribution is 6.07. The first kappa shape index (κ1) is 20.6. The third-order valence-corrected chi connectivity index (χ3v) is 6.22. The number of urea groups is 1. The fourth-order valence-corrected chi connectivity index (χ4v) is 4.45. The minimum absolute atomic E-state index is 0.0577. The summed E-state index contributed by atoms with van der Waals surface area (Å²) in [5.41, 5.74) is 6.88. The topological polar surface area (TPSA) is 108 Å². The number of imide groups is 1. The van der Waals surface area contributed by atoms with Crippen LogP contribution in [0.4, 0.5) is 10.5 Å². The normalized spacial score (nSPS) is 25.0. The largest absolute Gasteiger partial charge is 0.495 e. The van der Waals surface area contributed by atoms with Crippen molar-refractivity contribution in [1.29, 1.82) is 0 Å². The van der Waals surface area contributed by atoms with Gasteiger partial charge in [0, 0.05) is 57.3 Å². The van der Waals surface area contributed by atoms with Crippen LogP contribution in [0, 0.1) is 5.92 Å². The third kappa shape index (κ3) is 4.27. The molecule has 3 aliphatic rings. The van der Waals surface area contributed by atoms with E-state index in [1.54, 1.807) is 18.2 Å². The van der Waals surface area contributed by atoms with Crippen molar-refractivity contribution in [2.75, 3.05) is 51.3 Å². The summed E-state index contributed by atoms with van der Waals surface area (Å²) in [5.74, 6) is 0.815. The van der Waals surface area contributed by atoms with Gasteiger partial charge in [-0.2, -0.15) is 0 Å². The molecule has 0 radical (unpaired) electrons. The van der Waals surface area contributed by atoms with E-state index in [9.17, 15) is 14.4 Å². The summed E-state index contributed by atoms with van der Waals surface area (Å²) in [4.78, 5) is 42.5. The number of benzene rings is 1. The second kappa shape index (κ2) is 8.61. The van der Waals surface area contributed by atoms with Gasteiger partial charge in [0.25, 0.3) is 5.91 Å². The maximum Gasteiger partial charge on any atom is 0.328 e. The monoisotopic (exact) mass is 415 g/mol. The Morgan fingerprint density at radius 3 is 2.53 bits per heavy atom.